The first-order chi connectivity index (χ1) is 8.74. The van der Waals surface area contributed by atoms with Crippen LogP contribution in [0.1, 0.15) is 25.1 Å². The Balaban J connectivity index is 1.76. The van der Waals surface area contributed by atoms with E-state index in [2.05, 4.69) is 15.3 Å². The molecule has 94 valence electrons. The summed E-state index contributed by atoms with van der Waals surface area (Å²) in [6.45, 7) is 0.387. The molecule has 1 aromatic heterocycles. The topological polar surface area (TPSA) is 83.8 Å². The minimum Gasteiger partial charge on any atom is -0.341 e. The van der Waals surface area contributed by atoms with E-state index >= 15 is 0 Å². The number of rotatable bonds is 4. The highest BCUT2D eigenvalue weighted by Crippen LogP contribution is 2.32. The number of anilines is 1. The molecule has 3 rings (SSSR count). The van der Waals surface area contributed by atoms with E-state index in [1.54, 1.807) is 0 Å². The molecule has 1 aliphatic rings. The molecule has 4 N–H and O–H groups in total. The van der Waals surface area contributed by atoms with Crippen molar-refractivity contribution in [2.45, 2.75) is 25.8 Å². The molecule has 0 bridgehead atoms. The van der Waals surface area contributed by atoms with Crippen molar-refractivity contribution in [1.82, 2.24) is 9.97 Å². The van der Waals surface area contributed by atoms with Crippen LogP contribution in [0.25, 0.3) is 11.0 Å². The van der Waals surface area contributed by atoms with Crippen molar-refractivity contribution in [2.24, 2.45) is 11.7 Å². The number of hydrogen-bond donors (Lipinski definition) is 3. The highest BCUT2D eigenvalue weighted by atomic mass is 16.1. The monoisotopic (exact) mass is 244 g/mol. The number of aromatic amines is 1. The van der Waals surface area contributed by atoms with Gasteiger partial charge in [-0.05, 0) is 37.0 Å². The van der Waals surface area contributed by atoms with Gasteiger partial charge in [-0.2, -0.15) is 0 Å². The summed E-state index contributed by atoms with van der Waals surface area (Å²) in [4.78, 5) is 19.1. The Morgan fingerprint density at radius 3 is 3.06 bits per heavy atom. The molecule has 1 aromatic carbocycles. The van der Waals surface area contributed by atoms with E-state index in [9.17, 15) is 4.79 Å². The van der Waals surface area contributed by atoms with Gasteiger partial charge in [0, 0.05) is 12.1 Å². The molecule has 0 atom stereocenters. The molecule has 5 heteroatoms. The van der Waals surface area contributed by atoms with Crippen molar-refractivity contribution < 1.29 is 4.79 Å². The van der Waals surface area contributed by atoms with Gasteiger partial charge in [0.05, 0.1) is 17.6 Å². The SMILES string of the molecule is NCc1nc2ccc(NC(=O)CC3CC3)cc2[nH]1. The van der Waals surface area contributed by atoms with Crippen molar-refractivity contribution >= 4 is 22.6 Å². The van der Waals surface area contributed by atoms with Crippen LogP contribution in [0.2, 0.25) is 0 Å². The second-order valence-corrected chi connectivity index (χ2v) is 4.82. The maximum Gasteiger partial charge on any atom is 0.224 e. The number of H-pyrrole nitrogens is 1. The van der Waals surface area contributed by atoms with Crippen molar-refractivity contribution in [2.75, 3.05) is 5.32 Å². The molecule has 1 amide bonds. The molecule has 1 aliphatic carbocycles. The molecular formula is C13H16N4O. The van der Waals surface area contributed by atoms with E-state index in [0.29, 0.717) is 18.9 Å². The third kappa shape index (κ3) is 2.36. The van der Waals surface area contributed by atoms with Crippen LogP contribution in [0.4, 0.5) is 5.69 Å². The number of amides is 1. The first-order valence-electron chi connectivity index (χ1n) is 6.23. The van der Waals surface area contributed by atoms with Gasteiger partial charge in [0.1, 0.15) is 5.82 Å². The van der Waals surface area contributed by atoms with Crippen LogP contribution in [0, 0.1) is 5.92 Å². The van der Waals surface area contributed by atoms with Gasteiger partial charge in [-0.15, -0.1) is 0 Å². The van der Waals surface area contributed by atoms with Crippen LogP contribution in [0.15, 0.2) is 18.2 Å². The standard InChI is InChI=1S/C13H16N4O/c14-7-12-16-10-4-3-9(6-11(10)17-12)15-13(18)5-8-1-2-8/h3-4,6,8H,1-2,5,7,14H2,(H,15,18)(H,16,17). The number of aromatic nitrogens is 2. The molecule has 1 fully saturated rings. The van der Waals surface area contributed by atoms with Gasteiger partial charge in [-0.1, -0.05) is 0 Å². The Bertz CT molecular complexity index is 586. The summed E-state index contributed by atoms with van der Waals surface area (Å²) < 4.78 is 0. The minimum atomic E-state index is 0.0930. The number of carbonyl (C=O) groups excluding carboxylic acids is 1. The molecule has 0 spiro atoms. The lowest BCUT2D eigenvalue weighted by molar-refractivity contribution is -0.116. The number of nitrogens with zero attached hydrogens (tertiary/aromatic N) is 1. The van der Waals surface area contributed by atoms with E-state index in [1.807, 2.05) is 18.2 Å². The molecule has 1 saturated carbocycles. The average Bonchev–Trinajstić information content (AvgIpc) is 3.06. The van der Waals surface area contributed by atoms with Crippen molar-refractivity contribution in [1.29, 1.82) is 0 Å². The lowest BCUT2D eigenvalue weighted by Crippen LogP contribution is -2.11. The zero-order valence-corrected chi connectivity index (χ0v) is 10.1. The van der Waals surface area contributed by atoms with Crippen LogP contribution in [-0.4, -0.2) is 15.9 Å². The smallest absolute Gasteiger partial charge is 0.224 e. The quantitative estimate of drug-likeness (QED) is 0.766. The zero-order chi connectivity index (χ0) is 12.5. The van der Waals surface area contributed by atoms with Crippen LogP contribution in [0.3, 0.4) is 0 Å². The number of nitrogens with two attached hydrogens (primary N) is 1. The zero-order valence-electron chi connectivity index (χ0n) is 10.1. The third-order valence-electron chi connectivity index (χ3n) is 3.18. The maximum atomic E-state index is 11.7. The number of hydrogen-bond acceptors (Lipinski definition) is 3. The Morgan fingerprint density at radius 2 is 2.33 bits per heavy atom. The van der Waals surface area contributed by atoms with Gasteiger partial charge in [0.15, 0.2) is 0 Å². The van der Waals surface area contributed by atoms with E-state index < -0.39 is 0 Å². The Morgan fingerprint density at radius 1 is 1.50 bits per heavy atom. The fourth-order valence-electron chi connectivity index (χ4n) is 2.03. The molecule has 0 saturated heterocycles. The Labute approximate surface area is 105 Å². The number of imidazole rings is 1. The number of benzene rings is 1. The summed E-state index contributed by atoms with van der Waals surface area (Å²) in [6, 6.07) is 5.65. The second-order valence-electron chi connectivity index (χ2n) is 4.82. The number of fused-ring (bicyclic) bond motifs is 1. The van der Waals surface area contributed by atoms with Gasteiger partial charge in [-0.25, -0.2) is 4.98 Å². The number of nitrogens with one attached hydrogen (secondary N) is 2. The molecule has 0 radical (unpaired) electrons. The van der Waals surface area contributed by atoms with E-state index in [-0.39, 0.29) is 5.91 Å². The van der Waals surface area contributed by atoms with Crippen molar-refractivity contribution in [3.05, 3.63) is 24.0 Å². The van der Waals surface area contributed by atoms with Crippen LogP contribution in [-0.2, 0) is 11.3 Å². The molecule has 2 aromatic rings. The van der Waals surface area contributed by atoms with Gasteiger partial charge in [-0.3, -0.25) is 4.79 Å². The number of carbonyl (C=O) groups is 1. The minimum absolute atomic E-state index is 0.0930. The summed E-state index contributed by atoms with van der Waals surface area (Å²) in [5, 5.41) is 2.91. The molecule has 5 nitrogen and oxygen atoms in total. The third-order valence-corrected chi connectivity index (χ3v) is 3.18. The maximum absolute atomic E-state index is 11.7. The van der Waals surface area contributed by atoms with Gasteiger partial charge in [0.25, 0.3) is 0 Å². The summed E-state index contributed by atoms with van der Waals surface area (Å²) in [5.41, 5.74) is 8.11. The van der Waals surface area contributed by atoms with Gasteiger partial charge in [0.2, 0.25) is 5.91 Å². The molecular weight excluding hydrogens is 228 g/mol. The summed E-state index contributed by atoms with van der Waals surface area (Å²) >= 11 is 0. The first kappa shape index (κ1) is 11.2. The molecule has 18 heavy (non-hydrogen) atoms. The predicted octanol–water partition coefficient (Wildman–Crippen LogP) is 1.76. The summed E-state index contributed by atoms with van der Waals surface area (Å²) in [5.74, 6) is 1.45. The van der Waals surface area contributed by atoms with Gasteiger partial charge < -0.3 is 16.0 Å². The highest BCUT2D eigenvalue weighted by molar-refractivity contribution is 5.93. The first-order valence-corrected chi connectivity index (χ1v) is 6.23. The largest absolute Gasteiger partial charge is 0.341 e. The fourth-order valence-corrected chi connectivity index (χ4v) is 2.03. The Kier molecular flexibility index (Phi) is 2.76. The molecule has 0 aliphatic heterocycles. The van der Waals surface area contributed by atoms with E-state index in [1.165, 1.54) is 12.8 Å². The predicted molar refractivity (Wildman–Crippen MR) is 70.0 cm³/mol. The van der Waals surface area contributed by atoms with Crippen LogP contribution >= 0.6 is 0 Å². The lowest BCUT2D eigenvalue weighted by Gasteiger charge is -2.04. The summed E-state index contributed by atoms with van der Waals surface area (Å²) in [7, 11) is 0. The van der Waals surface area contributed by atoms with E-state index in [4.69, 9.17) is 5.73 Å². The van der Waals surface area contributed by atoms with Crippen LogP contribution < -0.4 is 11.1 Å². The van der Waals surface area contributed by atoms with Gasteiger partial charge >= 0.3 is 0 Å². The van der Waals surface area contributed by atoms with E-state index in [0.717, 1.165) is 22.5 Å². The lowest BCUT2D eigenvalue weighted by atomic mass is 10.2. The van der Waals surface area contributed by atoms with Crippen LogP contribution in [0.5, 0.6) is 0 Å². The molecule has 1 heterocycles. The highest BCUT2D eigenvalue weighted by Gasteiger charge is 2.24. The average molecular weight is 244 g/mol. The van der Waals surface area contributed by atoms with Crippen molar-refractivity contribution in [3.8, 4) is 0 Å². The molecule has 0 unspecified atom stereocenters. The fraction of sp³-hybridized carbons (Fsp3) is 0.385. The second kappa shape index (κ2) is 4.42. The Hall–Kier alpha value is -1.88. The normalized spacial score (nSPS) is 14.9. The summed E-state index contributed by atoms with van der Waals surface area (Å²) in [6.07, 6.45) is 3.01. The van der Waals surface area contributed by atoms with Crippen molar-refractivity contribution in [3.63, 3.8) is 0 Å².